The highest BCUT2D eigenvalue weighted by atomic mass is 15.1. The first-order chi connectivity index (χ1) is 29.9. The summed E-state index contributed by atoms with van der Waals surface area (Å²) in [6.07, 6.45) is 0. The van der Waals surface area contributed by atoms with Crippen LogP contribution in [-0.4, -0.2) is 0 Å². The summed E-state index contributed by atoms with van der Waals surface area (Å²) in [5.74, 6) is 0. The summed E-state index contributed by atoms with van der Waals surface area (Å²) >= 11 is 0. The van der Waals surface area contributed by atoms with E-state index in [9.17, 15) is 6.85 Å². The molecule has 240 valence electrons. The molecule has 0 aliphatic heterocycles. The molecule has 0 aliphatic carbocycles. The minimum absolute atomic E-state index is 0.0312. The van der Waals surface area contributed by atoms with Crippen molar-refractivity contribution in [3.05, 3.63) is 212 Å². The van der Waals surface area contributed by atoms with Crippen molar-refractivity contribution in [2.24, 2.45) is 0 Å². The molecule has 0 radical (unpaired) electrons. The Labute approximate surface area is 314 Å². The van der Waals surface area contributed by atoms with Crippen molar-refractivity contribution in [3.63, 3.8) is 0 Å². The largest absolute Gasteiger partial charge is 0.310 e. The molecule has 9 aromatic rings. The molecular formula is C50H35N. The van der Waals surface area contributed by atoms with Crippen molar-refractivity contribution in [2.75, 3.05) is 4.90 Å². The van der Waals surface area contributed by atoms with Crippen LogP contribution in [0.15, 0.2) is 212 Å². The summed E-state index contributed by atoms with van der Waals surface area (Å²) in [5.41, 5.74) is 5.03. The highest BCUT2D eigenvalue weighted by Crippen LogP contribution is 2.42. The third kappa shape index (κ3) is 5.96. The van der Waals surface area contributed by atoms with Crippen LogP contribution in [0.4, 0.5) is 17.1 Å². The van der Waals surface area contributed by atoms with Crippen LogP contribution < -0.4 is 4.90 Å². The molecule has 0 heterocycles. The van der Waals surface area contributed by atoms with Gasteiger partial charge in [0.1, 0.15) is 0 Å². The van der Waals surface area contributed by atoms with Crippen molar-refractivity contribution in [2.45, 2.75) is 0 Å². The Hall–Kier alpha value is -6.70. The Bertz CT molecular complexity index is 3160. The van der Waals surface area contributed by atoms with Crippen LogP contribution in [0.3, 0.4) is 0 Å². The minimum Gasteiger partial charge on any atom is -0.310 e. The zero-order chi connectivity index (χ0) is 43.6. The molecule has 0 aromatic heterocycles. The van der Waals surface area contributed by atoms with E-state index in [0.717, 1.165) is 38.6 Å². The molecule has 1 heteroatoms. The average Bonchev–Trinajstić information content (AvgIpc) is 3.30. The van der Waals surface area contributed by atoms with E-state index in [1.165, 1.54) is 4.90 Å². The number of fused-ring (bicyclic) bond motifs is 2. The normalized spacial score (nSPS) is 14.2. The van der Waals surface area contributed by atoms with Gasteiger partial charge >= 0.3 is 0 Å². The van der Waals surface area contributed by atoms with Crippen molar-refractivity contribution >= 4 is 38.6 Å². The lowest BCUT2D eigenvalue weighted by atomic mass is 9.93. The van der Waals surface area contributed by atoms with Gasteiger partial charge in [-0.1, -0.05) is 164 Å². The topological polar surface area (TPSA) is 3.24 Å². The Morgan fingerprint density at radius 3 is 1.67 bits per heavy atom. The number of hydrogen-bond donors (Lipinski definition) is 0. The van der Waals surface area contributed by atoms with Gasteiger partial charge in [-0.3, -0.25) is 0 Å². The third-order valence-corrected chi connectivity index (χ3v) is 8.99. The van der Waals surface area contributed by atoms with E-state index in [0.29, 0.717) is 11.1 Å². The first-order valence-electron chi connectivity index (χ1n) is 22.1. The Morgan fingerprint density at radius 1 is 0.333 bits per heavy atom. The zero-order valence-corrected chi connectivity index (χ0v) is 27.3. The lowest BCUT2D eigenvalue weighted by Gasteiger charge is -2.27. The predicted molar refractivity (Wildman–Crippen MR) is 218 cm³/mol. The lowest BCUT2D eigenvalue weighted by molar-refractivity contribution is 1.30. The first kappa shape index (κ1) is 20.7. The molecule has 0 spiro atoms. The van der Waals surface area contributed by atoms with Gasteiger partial charge in [0.15, 0.2) is 0 Å². The van der Waals surface area contributed by atoms with Crippen LogP contribution in [-0.2, 0) is 0 Å². The number of anilines is 3. The van der Waals surface area contributed by atoms with Crippen molar-refractivity contribution in [1.82, 2.24) is 0 Å². The van der Waals surface area contributed by atoms with Crippen LogP contribution in [0.25, 0.3) is 66.1 Å². The maximum atomic E-state index is 9.73. The van der Waals surface area contributed by atoms with E-state index in [1.54, 1.807) is 18.2 Å². The van der Waals surface area contributed by atoms with Crippen molar-refractivity contribution in [3.8, 4) is 44.5 Å². The van der Waals surface area contributed by atoms with Crippen LogP contribution in [0.2, 0.25) is 0 Å². The number of nitrogens with zero attached hydrogens (tertiary/aromatic N) is 1. The molecule has 0 atom stereocenters. The molecule has 0 N–H and O–H groups in total. The molecule has 1 nitrogen and oxygen atoms in total. The monoisotopic (exact) mass is 660 g/mol. The molecule has 0 saturated heterocycles. The van der Waals surface area contributed by atoms with Crippen LogP contribution >= 0.6 is 0 Å². The fourth-order valence-corrected chi connectivity index (χ4v) is 6.56. The standard InChI is InChI=1S/C50H35N/c1-3-14-36(15-4-1)42-32-43(37-16-5-2-6-17-37)34-44(33-42)38-28-30-45(31-29-38)51(50-27-13-21-40-19-8-10-25-49(40)50)46-23-11-22-41(35-46)48-26-12-20-39-18-7-9-24-47(39)48/h1-35H/i8D,10D,13D,19D,21D,25D,27D,28D,29D,30D,31D. The van der Waals surface area contributed by atoms with Gasteiger partial charge in [0, 0.05) is 16.8 Å². The second-order valence-corrected chi connectivity index (χ2v) is 12.1. The van der Waals surface area contributed by atoms with Crippen LogP contribution in [0.5, 0.6) is 0 Å². The predicted octanol–water partition coefficient (Wildman–Crippen LogP) is 14.1. The third-order valence-electron chi connectivity index (χ3n) is 8.99. The maximum Gasteiger partial charge on any atom is 0.0645 e. The first-order valence-corrected chi connectivity index (χ1v) is 16.6. The Morgan fingerprint density at radius 2 is 0.922 bits per heavy atom. The van der Waals surface area contributed by atoms with E-state index in [2.05, 4.69) is 0 Å². The van der Waals surface area contributed by atoms with Crippen molar-refractivity contribution < 1.29 is 15.1 Å². The highest BCUT2D eigenvalue weighted by molar-refractivity contribution is 6.01. The summed E-state index contributed by atoms with van der Waals surface area (Å²) < 4.78 is 101. The number of benzene rings is 9. The van der Waals surface area contributed by atoms with Gasteiger partial charge in [0.05, 0.1) is 20.8 Å². The smallest absolute Gasteiger partial charge is 0.0645 e. The molecule has 9 rings (SSSR count). The molecule has 0 fully saturated rings. The number of rotatable bonds is 7. The van der Waals surface area contributed by atoms with Gasteiger partial charge in [-0.25, -0.2) is 0 Å². The number of hydrogen-bond acceptors (Lipinski definition) is 1. The Balaban J connectivity index is 1.37. The van der Waals surface area contributed by atoms with Crippen molar-refractivity contribution in [1.29, 1.82) is 0 Å². The quantitative estimate of drug-likeness (QED) is 0.164. The summed E-state index contributed by atoms with van der Waals surface area (Å²) in [6, 6.07) is 39.8. The highest BCUT2D eigenvalue weighted by Gasteiger charge is 2.17. The lowest BCUT2D eigenvalue weighted by Crippen LogP contribution is -2.10. The van der Waals surface area contributed by atoms with Gasteiger partial charge in [0.2, 0.25) is 0 Å². The summed E-state index contributed by atoms with van der Waals surface area (Å²) in [6.45, 7) is 0. The van der Waals surface area contributed by atoms with E-state index in [4.69, 9.17) is 8.22 Å². The molecule has 0 bridgehead atoms. The zero-order valence-electron chi connectivity index (χ0n) is 38.3. The van der Waals surface area contributed by atoms with Gasteiger partial charge < -0.3 is 4.90 Å². The molecule has 0 unspecified atom stereocenters. The van der Waals surface area contributed by atoms with E-state index < -0.39 is 54.4 Å². The second kappa shape index (κ2) is 13.3. The average molecular weight is 661 g/mol. The molecule has 9 aromatic carbocycles. The van der Waals surface area contributed by atoms with Crippen LogP contribution in [0.1, 0.15) is 15.1 Å². The summed E-state index contributed by atoms with van der Waals surface area (Å²) in [4.78, 5) is 1.29. The molecule has 0 saturated carbocycles. The van der Waals surface area contributed by atoms with Gasteiger partial charge in [-0.15, -0.1) is 0 Å². The Kier molecular flexibility index (Phi) is 5.41. The van der Waals surface area contributed by atoms with E-state index >= 15 is 0 Å². The minimum atomic E-state index is -0.634. The molecule has 0 aliphatic rings. The van der Waals surface area contributed by atoms with E-state index in [-0.39, 0.29) is 45.5 Å². The maximum absolute atomic E-state index is 9.73. The molecular weight excluding hydrogens is 615 g/mol. The second-order valence-electron chi connectivity index (χ2n) is 12.1. The van der Waals surface area contributed by atoms with Gasteiger partial charge in [-0.05, 0) is 109 Å². The van der Waals surface area contributed by atoms with Gasteiger partial charge in [-0.2, -0.15) is 0 Å². The fourth-order valence-electron chi connectivity index (χ4n) is 6.56. The fraction of sp³-hybridized carbons (Fsp3) is 0. The SMILES string of the molecule is [2H]c1c([2H])c(N(c2cccc(-c3cccc4ccccc34)c2)c2c([2H])c([2H])c([2H])c3c([2H])c([2H])c([2H])c([2H])c23)c([2H])c([2H])c1-c1cc(-c2ccccc2)cc(-c2ccccc2)c1. The molecule has 51 heavy (non-hydrogen) atoms. The van der Waals surface area contributed by atoms with E-state index in [1.807, 2.05) is 127 Å². The summed E-state index contributed by atoms with van der Waals surface area (Å²) in [7, 11) is 0. The summed E-state index contributed by atoms with van der Waals surface area (Å²) in [5, 5.41) is 1.35. The van der Waals surface area contributed by atoms with Crippen LogP contribution in [0, 0.1) is 0 Å². The van der Waals surface area contributed by atoms with Gasteiger partial charge in [0.25, 0.3) is 0 Å². The molecule has 0 amide bonds.